The zero-order valence-electron chi connectivity index (χ0n) is 17.6. The molecule has 3 heterocycles. The van der Waals surface area contributed by atoms with Gasteiger partial charge in [-0.05, 0) is 31.5 Å². The smallest absolute Gasteiger partial charge is 0.380 e. The number of halogens is 2. The molecule has 168 valence electrons. The Balaban J connectivity index is 1.98. The number of carbonyl (C=O) groups is 1. The number of pyridine rings is 2. The second-order valence-corrected chi connectivity index (χ2v) is 7.67. The summed E-state index contributed by atoms with van der Waals surface area (Å²) in [6.07, 6.45) is -0.604. The number of ether oxygens (including phenoxy) is 1. The van der Waals surface area contributed by atoms with Gasteiger partial charge in [0, 0.05) is 22.1 Å². The van der Waals surface area contributed by atoms with Crippen LogP contribution in [0.4, 0.5) is 8.78 Å². The number of para-hydroxylation sites is 1. The van der Waals surface area contributed by atoms with Crippen molar-refractivity contribution in [2.75, 3.05) is 6.61 Å². The van der Waals surface area contributed by atoms with Crippen molar-refractivity contribution >= 4 is 16.9 Å². The molecule has 0 saturated carbocycles. The molecule has 3 aromatic rings. The van der Waals surface area contributed by atoms with Gasteiger partial charge >= 0.3 is 11.9 Å². The number of benzene rings is 1. The molecule has 0 radical (unpaired) electrons. The van der Waals surface area contributed by atoms with E-state index in [1.807, 2.05) is 18.2 Å². The van der Waals surface area contributed by atoms with Crippen molar-refractivity contribution in [1.29, 1.82) is 0 Å². The molecular weight excluding hydrogens is 422 g/mol. The first-order valence-electron chi connectivity index (χ1n) is 10.2. The van der Waals surface area contributed by atoms with E-state index in [1.165, 1.54) is 24.5 Å². The fourth-order valence-corrected chi connectivity index (χ4v) is 4.21. The number of nitrogens with zero attached hydrogens (tertiary/aromatic N) is 2. The molecule has 2 N–H and O–H groups in total. The zero-order chi connectivity index (χ0) is 23.3. The number of esters is 1. The topological polar surface area (TPSA) is 102 Å². The third kappa shape index (κ3) is 3.03. The first-order chi connectivity index (χ1) is 15.2. The van der Waals surface area contributed by atoms with Crippen molar-refractivity contribution in [3.05, 3.63) is 63.4 Å². The van der Waals surface area contributed by atoms with E-state index in [0.29, 0.717) is 16.8 Å². The van der Waals surface area contributed by atoms with Gasteiger partial charge in [-0.1, -0.05) is 25.1 Å². The van der Waals surface area contributed by atoms with E-state index in [1.54, 1.807) is 12.1 Å². The largest absolute Gasteiger partial charge is 0.461 e. The van der Waals surface area contributed by atoms with Crippen LogP contribution >= 0.6 is 0 Å². The summed E-state index contributed by atoms with van der Waals surface area (Å²) in [6.45, 7) is 1.58. The van der Waals surface area contributed by atoms with Crippen LogP contribution < -0.4 is 5.56 Å². The molecule has 1 aliphatic rings. The van der Waals surface area contributed by atoms with E-state index in [2.05, 4.69) is 9.72 Å². The minimum absolute atomic E-state index is 0.146. The summed E-state index contributed by atoms with van der Waals surface area (Å²) in [7, 11) is 0. The van der Waals surface area contributed by atoms with Crippen molar-refractivity contribution in [2.45, 2.75) is 44.9 Å². The minimum atomic E-state index is -4.36. The highest BCUT2D eigenvalue weighted by Crippen LogP contribution is 2.44. The van der Waals surface area contributed by atoms with Gasteiger partial charge < -0.3 is 19.5 Å². The molecule has 7 nitrogen and oxygen atoms in total. The monoisotopic (exact) mass is 444 g/mol. The molecule has 1 atom stereocenters. The standard InChI is InChI=1S/C23H22F2N2O5/c1-3-22(31,23(24,25)21(30)32-4-2)16-10-18-19-14(11-27(18)20(29)15(16)12-28)9-13-7-5-6-8-17(13)26-19/h5-10,28,31H,3-4,11-12H2,1-2H3. The molecule has 9 heteroatoms. The van der Waals surface area contributed by atoms with E-state index < -0.39 is 47.2 Å². The lowest BCUT2D eigenvalue weighted by Crippen LogP contribution is -2.52. The Morgan fingerprint density at radius 3 is 2.62 bits per heavy atom. The lowest BCUT2D eigenvalue weighted by Gasteiger charge is -2.35. The van der Waals surface area contributed by atoms with E-state index >= 15 is 8.78 Å². The summed E-state index contributed by atoms with van der Waals surface area (Å²) in [5, 5.41) is 21.8. The fourth-order valence-electron chi connectivity index (χ4n) is 4.21. The van der Waals surface area contributed by atoms with Crippen LogP contribution in [-0.2, 0) is 28.3 Å². The third-order valence-electron chi connectivity index (χ3n) is 5.94. The number of aliphatic hydroxyl groups is 2. The minimum Gasteiger partial charge on any atom is -0.461 e. The summed E-state index contributed by atoms with van der Waals surface area (Å²) in [6, 6.07) is 10.4. The fraction of sp³-hybridized carbons (Fsp3) is 0.348. The van der Waals surface area contributed by atoms with Crippen LogP contribution in [0.25, 0.3) is 22.3 Å². The Kier molecular flexibility index (Phi) is 5.34. The predicted octanol–water partition coefficient (Wildman–Crippen LogP) is 2.71. The molecule has 0 bridgehead atoms. The second-order valence-electron chi connectivity index (χ2n) is 7.67. The number of fused-ring (bicyclic) bond motifs is 4. The summed E-state index contributed by atoms with van der Waals surface area (Å²) < 4.78 is 36.0. The molecule has 0 amide bonds. The first-order valence-corrected chi connectivity index (χ1v) is 10.2. The third-order valence-corrected chi connectivity index (χ3v) is 5.94. The molecule has 1 aromatic carbocycles. The summed E-state index contributed by atoms with van der Waals surface area (Å²) in [5.74, 6) is -6.26. The second kappa shape index (κ2) is 7.75. The molecule has 4 rings (SSSR count). The van der Waals surface area contributed by atoms with Gasteiger partial charge in [0.1, 0.15) is 0 Å². The summed E-state index contributed by atoms with van der Waals surface area (Å²) in [4.78, 5) is 29.8. The van der Waals surface area contributed by atoms with Gasteiger partial charge in [-0.3, -0.25) is 4.79 Å². The average Bonchev–Trinajstić information content (AvgIpc) is 3.14. The molecule has 1 aliphatic heterocycles. The maximum absolute atomic E-state index is 15.1. The Morgan fingerprint density at radius 2 is 1.97 bits per heavy atom. The van der Waals surface area contributed by atoms with Gasteiger partial charge in [-0.15, -0.1) is 0 Å². The van der Waals surface area contributed by atoms with E-state index in [-0.39, 0.29) is 18.8 Å². The van der Waals surface area contributed by atoms with Crippen molar-refractivity contribution in [3.63, 3.8) is 0 Å². The molecule has 0 aliphatic carbocycles. The van der Waals surface area contributed by atoms with Crippen LogP contribution in [-0.4, -0.2) is 38.3 Å². The van der Waals surface area contributed by atoms with E-state index in [0.717, 1.165) is 5.39 Å². The summed E-state index contributed by atoms with van der Waals surface area (Å²) in [5.41, 5.74) is -2.70. The van der Waals surface area contributed by atoms with Crippen molar-refractivity contribution in [3.8, 4) is 11.4 Å². The van der Waals surface area contributed by atoms with E-state index in [9.17, 15) is 19.8 Å². The Bertz CT molecular complexity index is 1290. The normalized spacial score (nSPS) is 14.7. The predicted molar refractivity (Wildman–Crippen MR) is 112 cm³/mol. The van der Waals surface area contributed by atoms with Crippen LogP contribution in [0.2, 0.25) is 0 Å². The van der Waals surface area contributed by atoms with Gasteiger partial charge in [0.2, 0.25) is 0 Å². The molecule has 0 saturated heterocycles. The number of aromatic nitrogens is 2. The van der Waals surface area contributed by atoms with Crippen molar-refractivity contribution in [1.82, 2.24) is 9.55 Å². The van der Waals surface area contributed by atoms with Crippen LogP contribution in [0.15, 0.2) is 41.2 Å². The maximum atomic E-state index is 15.1. The summed E-state index contributed by atoms with van der Waals surface area (Å²) >= 11 is 0. The van der Waals surface area contributed by atoms with Gasteiger partial charge in [0.25, 0.3) is 5.56 Å². The van der Waals surface area contributed by atoms with Crippen molar-refractivity contribution < 1.29 is 28.5 Å². The molecule has 32 heavy (non-hydrogen) atoms. The number of hydrogen-bond donors (Lipinski definition) is 2. The SMILES string of the molecule is CCOC(=O)C(F)(F)C(O)(CC)c1cc2n(c(=O)c1CO)Cc1cc3ccccc3nc1-2. The Morgan fingerprint density at radius 1 is 1.25 bits per heavy atom. The number of aliphatic hydroxyl groups excluding tert-OH is 1. The van der Waals surface area contributed by atoms with Crippen LogP contribution in [0.5, 0.6) is 0 Å². The van der Waals surface area contributed by atoms with Crippen LogP contribution in [0.1, 0.15) is 37.0 Å². The van der Waals surface area contributed by atoms with Crippen molar-refractivity contribution in [2.24, 2.45) is 0 Å². The van der Waals surface area contributed by atoms with Gasteiger partial charge in [0.15, 0.2) is 5.60 Å². The van der Waals surface area contributed by atoms with Gasteiger partial charge in [-0.25, -0.2) is 9.78 Å². The quantitative estimate of drug-likeness (QED) is 0.444. The van der Waals surface area contributed by atoms with Crippen LogP contribution in [0, 0.1) is 0 Å². The number of hydrogen-bond acceptors (Lipinski definition) is 6. The Labute approximate surface area is 181 Å². The molecule has 2 aromatic heterocycles. The highest BCUT2D eigenvalue weighted by atomic mass is 19.3. The van der Waals surface area contributed by atoms with Gasteiger partial charge in [-0.2, -0.15) is 8.78 Å². The van der Waals surface area contributed by atoms with Gasteiger partial charge in [0.05, 0.1) is 36.7 Å². The highest BCUT2D eigenvalue weighted by molar-refractivity contribution is 5.84. The van der Waals surface area contributed by atoms with Crippen LogP contribution in [0.3, 0.4) is 0 Å². The zero-order valence-corrected chi connectivity index (χ0v) is 17.6. The Hall–Kier alpha value is -3.17. The van der Waals surface area contributed by atoms with E-state index in [4.69, 9.17) is 0 Å². The lowest BCUT2D eigenvalue weighted by molar-refractivity contribution is -0.218. The molecule has 0 spiro atoms. The average molecular weight is 444 g/mol. The molecule has 0 fully saturated rings. The number of carbonyl (C=O) groups excluding carboxylic acids is 1. The molecule has 1 unspecified atom stereocenters. The maximum Gasteiger partial charge on any atom is 0.380 e. The number of alkyl halides is 2. The highest BCUT2D eigenvalue weighted by Gasteiger charge is 2.60. The number of rotatable bonds is 6. The lowest BCUT2D eigenvalue weighted by atomic mass is 9.82. The first kappa shape index (κ1) is 22.0. The molecular formula is C23H22F2N2O5.